The summed E-state index contributed by atoms with van der Waals surface area (Å²) < 4.78 is 16.3. The van der Waals surface area contributed by atoms with Crippen LogP contribution < -0.4 is 14.2 Å². The van der Waals surface area contributed by atoms with Crippen molar-refractivity contribution in [3.8, 4) is 23.0 Å². The highest BCUT2D eigenvalue weighted by Gasteiger charge is 2.25. The fourth-order valence-electron chi connectivity index (χ4n) is 2.73. The second-order valence-corrected chi connectivity index (χ2v) is 5.99. The first-order valence-corrected chi connectivity index (χ1v) is 8.80. The van der Waals surface area contributed by atoms with Crippen LogP contribution in [0.5, 0.6) is 23.0 Å². The van der Waals surface area contributed by atoms with Crippen LogP contribution in [0, 0.1) is 0 Å². The van der Waals surface area contributed by atoms with Crippen molar-refractivity contribution in [3.05, 3.63) is 47.5 Å². The third-order valence-electron chi connectivity index (χ3n) is 4.13. The number of carbonyl (C=O) groups excluding carboxylic acids is 1. The number of hydrogen-bond acceptors (Lipinski definition) is 5. The van der Waals surface area contributed by atoms with Crippen LogP contribution in [-0.4, -0.2) is 25.1 Å². The molecule has 2 aromatic carbocycles. The SMILES string of the molecule is CCCCCC(=O)c1c(OCc2ccccc2)cc(OC)c(OC)c1O. The quantitative estimate of drug-likeness (QED) is 0.490. The molecular weight excluding hydrogens is 332 g/mol. The van der Waals surface area contributed by atoms with Gasteiger partial charge in [-0.15, -0.1) is 0 Å². The number of phenols is 1. The number of methoxy groups -OCH3 is 2. The molecule has 0 saturated carbocycles. The van der Waals surface area contributed by atoms with Crippen LogP contribution >= 0.6 is 0 Å². The number of rotatable bonds is 10. The van der Waals surface area contributed by atoms with Crippen LogP contribution in [0.4, 0.5) is 0 Å². The van der Waals surface area contributed by atoms with Gasteiger partial charge in [0.2, 0.25) is 5.75 Å². The minimum Gasteiger partial charge on any atom is -0.504 e. The van der Waals surface area contributed by atoms with Gasteiger partial charge in [-0.05, 0) is 12.0 Å². The minimum absolute atomic E-state index is 0.137. The number of phenolic OH excluding ortho intramolecular Hbond substituents is 1. The van der Waals surface area contributed by atoms with Crippen LogP contribution in [0.15, 0.2) is 36.4 Å². The van der Waals surface area contributed by atoms with Gasteiger partial charge in [-0.2, -0.15) is 0 Å². The van der Waals surface area contributed by atoms with Crippen LogP contribution in [0.2, 0.25) is 0 Å². The van der Waals surface area contributed by atoms with Gasteiger partial charge in [0.15, 0.2) is 17.3 Å². The predicted octanol–water partition coefficient (Wildman–Crippen LogP) is 4.75. The molecule has 140 valence electrons. The molecule has 0 bridgehead atoms. The summed E-state index contributed by atoms with van der Waals surface area (Å²) in [4.78, 5) is 12.7. The van der Waals surface area contributed by atoms with Gasteiger partial charge >= 0.3 is 0 Å². The Hall–Kier alpha value is -2.69. The van der Waals surface area contributed by atoms with Crippen molar-refractivity contribution in [1.82, 2.24) is 0 Å². The van der Waals surface area contributed by atoms with E-state index in [1.807, 2.05) is 30.3 Å². The zero-order valence-electron chi connectivity index (χ0n) is 15.6. The molecule has 0 saturated heterocycles. The minimum atomic E-state index is -0.239. The monoisotopic (exact) mass is 358 g/mol. The van der Waals surface area contributed by atoms with Crippen molar-refractivity contribution >= 4 is 5.78 Å². The summed E-state index contributed by atoms with van der Waals surface area (Å²) in [6, 6.07) is 11.2. The topological polar surface area (TPSA) is 65.0 Å². The summed E-state index contributed by atoms with van der Waals surface area (Å²) in [5.41, 5.74) is 1.11. The zero-order chi connectivity index (χ0) is 18.9. The third kappa shape index (κ3) is 4.69. The first-order valence-electron chi connectivity index (χ1n) is 8.80. The molecule has 0 amide bonds. The second-order valence-electron chi connectivity index (χ2n) is 5.99. The summed E-state index contributed by atoms with van der Waals surface area (Å²) in [6.45, 7) is 2.36. The molecule has 0 aliphatic heterocycles. The average molecular weight is 358 g/mol. The van der Waals surface area contributed by atoms with Crippen LogP contribution in [-0.2, 0) is 6.61 Å². The van der Waals surface area contributed by atoms with E-state index in [9.17, 15) is 9.90 Å². The van der Waals surface area contributed by atoms with Crippen LogP contribution in [0.1, 0.15) is 48.5 Å². The molecule has 0 unspecified atom stereocenters. The second kappa shape index (κ2) is 9.70. The molecule has 5 nitrogen and oxygen atoms in total. The first-order chi connectivity index (χ1) is 12.6. The van der Waals surface area contributed by atoms with E-state index in [-0.39, 0.29) is 29.5 Å². The molecule has 0 aliphatic rings. The van der Waals surface area contributed by atoms with E-state index in [0.717, 1.165) is 24.8 Å². The lowest BCUT2D eigenvalue weighted by Crippen LogP contribution is -2.07. The van der Waals surface area contributed by atoms with Crippen molar-refractivity contribution < 1.29 is 24.1 Å². The third-order valence-corrected chi connectivity index (χ3v) is 4.13. The Kier molecular flexibility index (Phi) is 7.33. The number of ketones is 1. The van der Waals surface area contributed by atoms with Gasteiger partial charge in [-0.25, -0.2) is 0 Å². The van der Waals surface area contributed by atoms with Gasteiger partial charge in [-0.3, -0.25) is 4.79 Å². The summed E-state index contributed by atoms with van der Waals surface area (Å²) in [7, 11) is 2.90. The molecule has 0 atom stereocenters. The van der Waals surface area contributed by atoms with Gasteiger partial charge in [0.05, 0.1) is 14.2 Å². The molecule has 0 aromatic heterocycles. The number of carbonyl (C=O) groups is 1. The zero-order valence-corrected chi connectivity index (χ0v) is 15.6. The highest BCUT2D eigenvalue weighted by atomic mass is 16.5. The Bertz CT molecular complexity index is 725. The lowest BCUT2D eigenvalue weighted by Gasteiger charge is -2.17. The van der Waals surface area contributed by atoms with Gasteiger partial charge < -0.3 is 19.3 Å². The largest absolute Gasteiger partial charge is 0.504 e. The van der Waals surface area contributed by atoms with Gasteiger partial charge in [0.25, 0.3) is 0 Å². The van der Waals surface area contributed by atoms with Crippen molar-refractivity contribution in [2.75, 3.05) is 14.2 Å². The van der Waals surface area contributed by atoms with E-state index in [0.29, 0.717) is 17.9 Å². The maximum Gasteiger partial charge on any atom is 0.204 e. The van der Waals surface area contributed by atoms with Crippen molar-refractivity contribution in [1.29, 1.82) is 0 Å². The summed E-state index contributed by atoms with van der Waals surface area (Å²) in [5, 5.41) is 10.6. The highest BCUT2D eigenvalue weighted by molar-refractivity contribution is 6.02. The van der Waals surface area contributed by atoms with Crippen molar-refractivity contribution in [2.45, 2.75) is 39.2 Å². The van der Waals surface area contributed by atoms with Crippen LogP contribution in [0.25, 0.3) is 0 Å². The highest BCUT2D eigenvalue weighted by Crippen LogP contribution is 2.45. The van der Waals surface area contributed by atoms with E-state index in [1.54, 1.807) is 6.07 Å². The Morgan fingerprint density at radius 1 is 1.04 bits per heavy atom. The molecule has 5 heteroatoms. The maximum atomic E-state index is 12.7. The number of hydrogen-bond donors (Lipinski definition) is 1. The fourth-order valence-corrected chi connectivity index (χ4v) is 2.73. The van der Waals surface area contributed by atoms with Crippen LogP contribution in [0.3, 0.4) is 0 Å². The van der Waals surface area contributed by atoms with Gasteiger partial charge in [0.1, 0.15) is 17.9 Å². The maximum absolute atomic E-state index is 12.7. The molecule has 0 radical (unpaired) electrons. The number of aromatic hydroxyl groups is 1. The van der Waals surface area contributed by atoms with Crippen molar-refractivity contribution in [3.63, 3.8) is 0 Å². The molecular formula is C21H26O5. The summed E-state index contributed by atoms with van der Waals surface area (Å²) in [5.74, 6) is 0.346. The average Bonchev–Trinajstić information content (AvgIpc) is 2.66. The Morgan fingerprint density at radius 3 is 2.38 bits per heavy atom. The lowest BCUT2D eigenvalue weighted by molar-refractivity contribution is 0.0971. The molecule has 26 heavy (non-hydrogen) atoms. The fraction of sp³-hybridized carbons (Fsp3) is 0.381. The normalized spacial score (nSPS) is 10.4. The van der Waals surface area contributed by atoms with E-state index < -0.39 is 0 Å². The number of benzene rings is 2. The number of unbranched alkanes of at least 4 members (excludes halogenated alkanes) is 2. The summed E-state index contributed by atoms with van der Waals surface area (Å²) in [6.07, 6.45) is 3.09. The first kappa shape index (κ1) is 19.6. The molecule has 0 heterocycles. The van der Waals surface area contributed by atoms with E-state index in [2.05, 4.69) is 6.92 Å². The molecule has 2 rings (SSSR count). The summed E-state index contributed by atoms with van der Waals surface area (Å²) >= 11 is 0. The van der Waals surface area contributed by atoms with E-state index in [1.165, 1.54) is 14.2 Å². The molecule has 0 aliphatic carbocycles. The Morgan fingerprint density at radius 2 is 1.77 bits per heavy atom. The molecule has 0 spiro atoms. The van der Waals surface area contributed by atoms with Gasteiger partial charge in [-0.1, -0.05) is 50.1 Å². The lowest BCUT2D eigenvalue weighted by atomic mass is 10.0. The molecule has 2 aromatic rings. The predicted molar refractivity (Wildman–Crippen MR) is 100 cm³/mol. The smallest absolute Gasteiger partial charge is 0.204 e. The number of ether oxygens (including phenoxy) is 3. The van der Waals surface area contributed by atoms with Crippen molar-refractivity contribution in [2.24, 2.45) is 0 Å². The van der Waals surface area contributed by atoms with E-state index >= 15 is 0 Å². The Balaban J connectivity index is 2.36. The van der Waals surface area contributed by atoms with Gasteiger partial charge in [0, 0.05) is 12.5 Å². The number of Topliss-reactive ketones (excluding diaryl/α,β-unsaturated/α-hetero) is 1. The van der Waals surface area contributed by atoms with E-state index in [4.69, 9.17) is 14.2 Å². The standard InChI is InChI=1S/C21H26O5/c1-4-5-7-12-16(22)19-17(26-14-15-10-8-6-9-11-15)13-18(24-2)21(25-3)20(19)23/h6,8-11,13,23H,4-5,7,12,14H2,1-3H3. The molecule has 1 N–H and O–H groups in total. The Labute approximate surface area is 154 Å². The molecule has 0 fully saturated rings.